The molecule has 0 aliphatic heterocycles. The van der Waals surface area contributed by atoms with Gasteiger partial charge in [-0.05, 0) is 60.3 Å². The predicted octanol–water partition coefficient (Wildman–Crippen LogP) is 4.88. The minimum Gasteiger partial charge on any atom is -0.428 e. The molecule has 0 fully saturated rings. The molecule has 100 valence electrons. The summed E-state index contributed by atoms with van der Waals surface area (Å²) in [6, 6.07) is 14.4. The van der Waals surface area contributed by atoms with Crippen LogP contribution in [0.15, 0.2) is 58.3 Å². The molecule has 7 heteroatoms. The molecule has 0 radical (unpaired) electrons. The third-order valence-corrected chi connectivity index (χ3v) is 4.53. The first-order valence-electron chi connectivity index (χ1n) is 5.25. The smallest absolute Gasteiger partial charge is 0.345 e. The van der Waals surface area contributed by atoms with Gasteiger partial charge in [0, 0.05) is 9.79 Å². The minimum atomic E-state index is -2.69. The largest absolute Gasteiger partial charge is 0.428 e. The normalized spacial score (nSPS) is 11.1. The van der Waals surface area contributed by atoms with Crippen LogP contribution in [-0.4, -0.2) is 0 Å². The standard InChI is InChI=1S/C12H11O2PS4/c16-11-5-1-9(2-6-11)13-15(18,19)14-10-3-7-12(17)8-4-10/h1-8,16-17H,(H,18,19). The lowest BCUT2D eigenvalue weighted by Crippen LogP contribution is -1.94. The molecule has 0 atom stereocenters. The molecule has 0 spiro atoms. The molecule has 0 saturated heterocycles. The Morgan fingerprint density at radius 3 is 1.37 bits per heavy atom. The number of hydrogen-bond acceptors (Lipinski definition) is 5. The Balaban J connectivity index is 2.08. The number of thiol groups is 3. The molecule has 0 heterocycles. The van der Waals surface area contributed by atoms with Crippen LogP contribution in [0.1, 0.15) is 0 Å². The Morgan fingerprint density at radius 2 is 1.05 bits per heavy atom. The van der Waals surface area contributed by atoms with Crippen LogP contribution in [-0.2, 0) is 11.8 Å². The monoisotopic (exact) mass is 346 g/mol. The Labute approximate surface area is 133 Å². The maximum absolute atomic E-state index is 5.61. The highest BCUT2D eigenvalue weighted by molar-refractivity contribution is 8.60. The van der Waals surface area contributed by atoms with E-state index in [4.69, 9.17) is 20.9 Å². The summed E-state index contributed by atoms with van der Waals surface area (Å²) in [5.41, 5.74) is -2.69. The zero-order chi connectivity index (χ0) is 13.9. The summed E-state index contributed by atoms with van der Waals surface area (Å²) in [6.07, 6.45) is 0. The summed E-state index contributed by atoms with van der Waals surface area (Å²) in [7, 11) is 0. The van der Waals surface area contributed by atoms with Crippen molar-refractivity contribution < 1.29 is 9.05 Å². The number of benzene rings is 2. The molecule has 0 aliphatic rings. The maximum Gasteiger partial charge on any atom is 0.345 e. The van der Waals surface area contributed by atoms with Gasteiger partial charge >= 0.3 is 5.69 Å². The van der Waals surface area contributed by atoms with E-state index in [1.807, 2.05) is 24.3 Å². The van der Waals surface area contributed by atoms with E-state index < -0.39 is 5.69 Å². The van der Waals surface area contributed by atoms with E-state index in [0.29, 0.717) is 11.5 Å². The maximum atomic E-state index is 5.61. The van der Waals surface area contributed by atoms with Crippen molar-refractivity contribution in [2.45, 2.75) is 9.79 Å². The molecule has 2 nitrogen and oxygen atoms in total. The van der Waals surface area contributed by atoms with Gasteiger partial charge in [-0.1, -0.05) is 12.2 Å². The van der Waals surface area contributed by atoms with Gasteiger partial charge in [-0.15, -0.1) is 25.3 Å². The van der Waals surface area contributed by atoms with Crippen molar-refractivity contribution in [3.05, 3.63) is 48.5 Å². The summed E-state index contributed by atoms with van der Waals surface area (Å²) in [6.45, 7) is 0. The topological polar surface area (TPSA) is 18.5 Å². The lowest BCUT2D eigenvalue weighted by atomic mass is 10.3. The van der Waals surface area contributed by atoms with Gasteiger partial charge in [0.25, 0.3) is 0 Å². The lowest BCUT2D eigenvalue weighted by molar-refractivity contribution is 0.506. The van der Waals surface area contributed by atoms with Gasteiger partial charge in [0.05, 0.1) is 0 Å². The molecule has 0 N–H and O–H groups in total. The Kier molecular flexibility index (Phi) is 5.15. The highest BCUT2D eigenvalue weighted by Crippen LogP contribution is 2.53. The van der Waals surface area contributed by atoms with E-state index in [1.54, 1.807) is 24.3 Å². The Bertz CT molecular complexity index is 547. The number of rotatable bonds is 4. The fourth-order valence-electron chi connectivity index (χ4n) is 1.30. The second-order valence-corrected chi connectivity index (χ2v) is 9.81. The van der Waals surface area contributed by atoms with Crippen molar-refractivity contribution in [1.29, 1.82) is 0 Å². The zero-order valence-electron chi connectivity index (χ0n) is 9.63. The van der Waals surface area contributed by atoms with Gasteiger partial charge in [-0.3, -0.25) is 0 Å². The van der Waals surface area contributed by atoms with Crippen LogP contribution >= 0.6 is 43.2 Å². The Hall–Kier alpha value is -0.260. The lowest BCUT2D eigenvalue weighted by Gasteiger charge is -2.18. The van der Waals surface area contributed by atoms with Crippen molar-refractivity contribution in [1.82, 2.24) is 0 Å². The van der Waals surface area contributed by atoms with E-state index in [9.17, 15) is 0 Å². The van der Waals surface area contributed by atoms with Crippen molar-refractivity contribution in [3.63, 3.8) is 0 Å². The summed E-state index contributed by atoms with van der Waals surface area (Å²) in [5, 5.41) is 0. The van der Waals surface area contributed by atoms with E-state index >= 15 is 0 Å². The van der Waals surface area contributed by atoms with Crippen LogP contribution in [0.5, 0.6) is 11.5 Å². The van der Waals surface area contributed by atoms with Crippen LogP contribution in [0.25, 0.3) is 0 Å². The fourth-order valence-corrected chi connectivity index (χ4v) is 3.49. The Morgan fingerprint density at radius 1 is 0.737 bits per heavy atom. The molecule has 2 aromatic rings. The SMILES string of the molecule is S=P(S)(Oc1ccc(S)cc1)Oc1ccc(S)cc1. The van der Waals surface area contributed by atoms with Crippen molar-refractivity contribution >= 4 is 55.0 Å². The van der Waals surface area contributed by atoms with Crippen molar-refractivity contribution in [3.8, 4) is 11.5 Å². The molecule has 2 aromatic carbocycles. The molecule has 0 unspecified atom stereocenters. The first kappa shape index (κ1) is 15.1. The van der Waals surface area contributed by atoms with E-state index in [1.165, 1.54) is 0 Å². The summed E-state index contributed by atoms with van der Waals surface area (Å²) in [4.78, 5) is 1.70. The van der Waals surface area contributed by atoms with Crippen molar-refractivity contribution in [2.75, 3.05) is 0 Å². The minimum absolute atomic E-state index is 0.613. The molecule has 19 heavy (non-hydrogen) atoms. The molecule has 2 rings (SSSR count). The summed E-state index contributed by atoms with van der Waals surface area (Å²) < 4.78 is 11.2. The van der Waals surface area contributed by atoms with Gasteiger partial charge in [-0.2, -0.15) is 0 Å². The first-order valence-corrected chi connectivity index (χ1v) is 9.93. The summed E-state index contributed by atoms with van der Waals surface area (Å²) >= 11 is 18.0. The molecule has 0 bridgehead atoms. The van der Waals surface area contributed by atoms with Crippen LogP contribution in [0.2, 0.25) is 0 Å². The molecular formula is C12H11O2PS4. The van der Waals surface area contributed by atoms with Crippen molar-refractivity contribution in [2.24, 2.45) is 0 Å². The van der Waals surface area contributed by atoms with E-state index in [-0.39, 0.29) is 0 Å². The molecule has 0 amide bonds. The second-order valence-electron chi connectivity index (χ2n) is 3.64. The van der Waals surface area contributed by atoms with Crippen LogP contribution < -0.4 is 9.05 Å². The zero-order valence-corrected chi connectivity index (χ0v) is 14.0. The highest BCUT2D eigenvalue weighted by Gasteiger charge is 2.16. The van der Waals surface area contributed by atoms with E-state index in [2.05, 4.69) is 37.5 Å². The average Bonchev–Trinajstić information content (AvgIpc) is 2.34. The number of hydrogen-bond donors (Lipinski definition) is 3. The van der Waals surface area contributed by atoms with Crippen LogP contribution in [0, 0.1) is 0 Å². The molecule has 0 aliphatic carbocycles. The van der Waals surface area contributed by atoms with Crippen LogP contribution in [0.4, 0.5) is 0 Å². The third-order valence-electron chi connectivity index (χ3n) is 2.11. The molecule has 0 aromatic heterocycles. The van der Waals surface area contributed by atoms with Gasteiger partial charge in [0.2, 0.25) is 0 Å². The van der Waals surface area contributed by atoms with Gasteiger partial charge in [0.15, 0.2) is 0 Å². The fraction of sp³-hybridized carbons (Fsp3) is 0. The molecule has 0 saturated carbocycles. The third kappa shape index (κ3) is 4.97. The van der Waals surface area contributed by atoms with Gasteiger partial charge in [-0.25, -0.2) is 0 Å². The second kappa shape index (κ2) is 6.46. The molecular weight excluding hydrogens is 335 g/mol. The van der Waals surface area contributed by atoms with E-state index in [0.717, 1.165) is 9.79 Å². The van der Waals surface area contributed by atoms with Crippen LogP contribution in [0.3, 0.4) is 0 Å². The summed E-state index contributed by atoms with van der Waals surface area (Å²) in [5.74, 6) is 1.23. The van der Waals surface area contributed by atoms with Gasteiger partial charge < -0.3 is 9.05 Å². The first-order chi connectivity index (χ1) is 8.94. The predicted molar refractivity (Wildman–Crippen MR) is 91.9 cm³/mol. The quantitative estimate of drug-likeness (QED) is 0.542. The highest BCUT2D eigenvalue weighted by atomic mass is 32.9. The van der Waals surface area contributed by atoms with Gasteiger partial charge in [0.1, 0.15) is 11.5 Å². The average molecular weight is 346 g/mol.